The molecule has 0 unspecified atom stereocenters. The summed E-state index contributed by atoms with van der Waals surface area (Å²) in [7, 11) is 0. The van der Waals surface area contributed by atoms with Crippen molar-refractivity contribution >= 4 is 40.1 Å². The number of carbonyl (C=O) groups excluding carboxylic acids is 2. The zero-order chi connectivity index (χ0) is 12.5. The van der Waals surface area contributed by atoms with Crippen LogP contribution in [0.15, 0.2) is 29.4 Å². The summed E-state index contributed by atoms with van der Waals surface area (Å²) >= 11 is 0.859. The molecule has 3 rings (SSSR count). The third-order valence-corrected chi connectivity index (χ3v) is 3.08. The molecule has 0 saturated carbocycles. The second-order valence-corrected chi connectivity index (χ2v) is 4.50. The van der Waals surface area contributed by atoms with E-state index in [4.69, 9.17) is 0 Å². The number of hydrogen-bond acceptors (Lipinski definition) is 6. The molecule has 88 valence electrons. The van der Waals surface area contributed by atoms with Gasteiger partial charge >= 0.3 is 0 Å². The number of hydrogen-bond donors (Lipinski definition) is 1. The summed E-state index contributed by atoms with van der Waals surface area (Å²) in [5.41, 5.74) is 1.75. The molecule has 2 aromatic rings. The second-order valence-electron chi connectivity index (χ2n) is 3.49. The Kier molecular flexibility index (Phi) is 2.52. The number of aromatic nitrogens is 3. The van der Waals surface area contributed by atoms with E-state index in [1.54, 1.807) is 30.6 Å². The number of rotatable bonds is 1. The van der Waals surface area contributed by atoms with Crippen LogP contribution < -0.4 is 5.32 Å². The van der Waals surface area contributed by atoms with Gasteiger partial charge in [-0.3, -0.25) is 19.9 Å². The molecule has 1 aliphatic rings. The lowest BCUT2D eigenvalue weighted by molar-refractivity contribution is -0.115. The average molecular weight is 258 g/mol. The van der Waals surface area contributed by atoms with Crippen molar-refractivity contribution in [1.82, 2.24) is 20.3 Å². The van der Waals surface area contributed by atoms with Crippen LogP contribution >= 0.6 is 11.8 Å². The highest BCUT2D eigenvalue weighted by atomic mass is 32.2. The summed E-state index contributed by atoms with van der Waals surface area (Å²) in [6.45, 7) is 0. The van der Waals surface area contributed by atoms with Crippen LogP contribution in [0.2, 0.25) is 0 Å². The molecule has 0 atom stereocenters. The fraction of sp³-hybridized carbons (Fsp3) is 0. The molecule has 18 heavy (non-hydrogen) atoms. The number of nitrogens with one attached hydrogen (secondary N) is 1. The molecule has 0 spiro atoms. The Morgan fingerprint density at radius 1 is 1.17 bits per heavy atom. The SMILES string of the molecule is O=C1NC(=O)/C(=C\c2ccc3nccnc3n2)S1. The third-order valence-electron chi connectivity index (χ3n) is 2.27. The molecule has 0 bridgehead atoms. The Bertz CT molecular complexity index is 698. The fourth-order valence-corrected chi connectivity index (χ4v) is 2.17. The monoisotopic (exact) mass is 258 g/mol. The highest BCUT2D eigenvalue weighted by Gasteiger charge is 2.25. The lowest BCUT2D eigenvalue weighted by Crippen LogP contribution is -2.17. The van der Waals surface area contributed by atoms with Gasteiger partial charge in [0.05, 0.1) is 10.6 Å². The smallest absolute Gasteiger partial charge is 0.282 e. The molecule has 2 amide bonds. The van der Waals surface area contributed by atoms with E-state index in [1.807, 2.05) is 0 Å². The minimum atomic E-state index is -0.397. The molecule has 6 nitrogen and oxygen atoms in total. The van der Waals surface area contributed by atoms with Crippen molar-refractivity contribution in [2.24, 2.45) is 0 Å². The number of amides is 2. The Hall–Kier alpha value is -2.28. The maximum atomic E-state index is 11.4. The van der Waals surface area contributed by atoms with Gasteiger partial charge in [-0.2, -0.15) is 0 Å². The molecule has 0 radical (unpaired) electrons. The van der Waals surface area contributed by atoms with Crippen LogP contribution in [0.5, 0.6) is 0 Å². The van der Waals surface area contributed by atoms with E-state index in [0.29, 0.717) is 21.8 Å². The molecule has 2 aromatic heterocycles. The van der Waals surface area contributed by atoms with Crippen molar-refractivity contribution < 1.29 is 9.59 Å². The van der Waals surface area contributed by atoms with Crippen molar-refractivity contribution in [3.05, 3.63) is 35.1 Å². The summed E-state index contributed by atoms with van der Waals surface area (Å²) < 4.78 is 0. The van der Waals surface area contributed by atoms with Gasteiger partial charge in [0.25, 0.3) is 11.1 Å². The van der Waals surface area contributed by atoms with E-state index in [2.05, 4.69) is 20.3 Å². The second kappa shape index (κ2) is 4.19. The maximum absolute atomic E-state index is 11.4. The first-order valence-corrected chi connectivity index (χ1v) is 5.87. The van der Waals surface area contributed by atoms with E-state index in [9.17, 15) is 9.59 Å². The number of fused-ring (bicyclic) bond motifs is 1. The molecular formula is C11H6N4O2S. The largest absolute Gasteiger partial charge is 0.290 e. The summed E-state index contributed by atoms with van der Waals surface area (Å²) in [5, 5.41) is 1.82. The number of carbonyl (C=O) groups is 2. The van der Waals surface area contributed by atoms with Crippen LogP contribution in [0.4, 0.5) is 4.79 Å². The van der Waals surface area contributed by atoms with Gasteiger partial charge in [0, 0.05) is 12.4 Å². The van der Waals surface area contributed by atoms with Crippen LogP contribution in [-0.4, -0.2) is 26.1 Å². The molecule has 3 heterocycles. The van der Waals surface area contributed by atoms with E-state index in [0.717, 1.165) is 11.8 Å². The van der Waals surface area contributed by atoms with Crippen molar-refractivity contribution in [3.63, 3.8) is 0 Å². The number of pyridine rings is 1. The highest BCUT2D eigenvalue weighted by Crippen LogP contribution is 2.25. The molecule has 0 aromatic carbocycles. The van der Waals surface area contributed by atoms with Gasteiger partial charge in [-0.15, -0.1) is 0 Å². The van der Waals surface area contributed by atoms with Crippen LogP contribution in [0, 0.1) is 0 Å². The summed E-state index contributed by atoms with van der Waals surface area (Å²) in [6.07, 6.45) is 4.69. The van der Waals surface area contributed by atoms with Gasteiger partial charge in [-0.25, -0.2) is 9.97 Å². The van der Waals surface area contributed by atoms with Crippen LogP contribution in [-0.2, 0) is 4.79 Å². The highest BCUT2D eigenvalue weighted by molar-refractivity contribution is 8.18. The Morgan fingerprint density at radius 3 is 2.78 bits per heavy atom. The first-order valence-electron chi connectivity index (χ1n) is 5.05. The Morgan fingerprint density at radius 2 is 2.00 bits per heavy atom. The zero-order valence-corrected chi connectivity index (χ0v) is 9.77. The summed E-state index contributed by atoms with van der Waals surface area (Å²) in [5.74, 6) is -0.397. The standard InChI is InChI=1S/C11H6N4O2S/c16-10-8(18-11(17)15-10)5-6-1-2-7-9(14-6)13-4-3-12-7/h1-5H,(H,15,16,17)/b8-5+. The average Bonchev–Trinajstić information content (AvgIpc) is 2.68. The normalized spacial score (nSPS) is 17.4. The topological polar surface area (TPSA) is 84.8 Å². The molecule has 0 aliphatic carbocycles. The first kappa shape index (κ1) is 10.8. The minimum Gasteiger partial charge on any atom is -0.282 e. The van der Waals surface area contributed by atoms with Crippen LogP contribution in [0.25, 0.3) is 17.2 Å². The van der Waals surface area contributed by atoms with Crippen molar-refractivity contribution in [2.45, 2.75) is 0 Å². The lowest BCUT2D eigenvalue weighted by Gasteiger charge is -1.97. The Balaban J connectivity index is 2.02. The molecular weight excluding hydrogens is 252 g/mol. The zero-order valence-electron chi connectivity index (χ0n) is 8.95. The third kappa shape index (κ3) is 1.95. The van der Waals surface area contributed by atoms with Gasteiger partial charge in [0.2, 0.25) is 0 Å². The quantitative estimate of drug-likeness (QED) is 0.777. The van der Waals surface area contributed by atoms with E-state index < -0.39 is 5.91 Å². The van der Waals surface area contributed by atoms with E-state index >= 15 is 0 Å². The van der Waals surface area contributed by atoms with Gasteiger partial charge in [-0.05, 0) is 30.0 Å². The van der Waals surface area contributed by atoms with Crippen molar-refractivity contribution in [1.29, 1.82) is 0 Å². The molecule has 1 N–H and O–H groups in total. The van der Waals surface area contributed by atoms with E-state index in [-0.39, 0.29) is 5.24 Å². The van der Waals surface area contributed by atoms with Gasteiger partial charge in [0.15, 0.2) is 5.65 Å². The van der Waals surface area contributed by atoms with Gasteiger partial charge in [-0.1, -0.05) is 0 Å². The van der Waals surface area contributed by atoms with Crippen molar-refractivity contribution in [2.75, 3.05) is 0 Å². The summed E-state index contributed by atoms with van der Waals surface area (Å²) in [4.78, 5) is 35.1. The Labute approximate surface area is 106 Å². The predicted molar refractivity (Wildman–Crippen MR) is 66.4 cm³/mol. The minimum absolute atomic E-state index is 0.329. The van der Waals surface area contributed by atoms with E-state index in [1.165, 1.54) is 0 Å². The van der Waals surface area contributed by atoms with Crippen LogP contribution in [0.1, 0.15) is 5.69 Å². The van der Waals surface area contributed by atoms with Gasteiger partial charge in [0.1, 0.15) is 5.52 Å². The summed E-state index contributed by atoms with van der Waals surface area (Å²) in [6, 6.07) is 3.49. The molecule has 1 aliphatic heterocycles. The fourth-order valence-electron chi connectivity index (χ4n) is 1.50. The van der Waals surface area contributed by atoms with Crippen LogP contribution in [0.3, 0.4) is 0 Å². The number of nitrogens with zero attached hydrogens (tertiary/aromatic N) is 3. The predicted octanol–water partition coefficient (Wildman–Crippen LogP) is 1.35. The maximum Gasteiger partial charge on any atom is 0.290 e. The van der Waals surface area contributed by atoms with Crippen molar-refractivity contribution in [3.8, 4) is 0 Å². The number of thioether (sulfide) groups is 1. The molecule has 7 heteroatoms. The lowest BCUT2D eigenvalue weighted by atomic mass is 10.3. The van der Waals surface area contributed by atoms with Gasteiger partial charge < -0.3 is 0 Å². The molecule has 1 fully saturated rings. The first-order chi connectivity index (χ1) is 8.72. The number of imide groups is 1. The molecule has 1 saturated heterocycles.